The van der Waals surface area contributed by atoms with Gasteiger partial charge in [0.15, 0.2) is 0 Å². The lowest BCUT2D eigenvalue weighted by Gasteiger charge is -2.33. The number of aromatic nitrogens is 1. The van der Waals surface area contributed by atoms with Crippen LogP contribution in [0.15, 0.2) is 24.4 Å². The Morgan fingerprint density at radius 3 is 2.55 bits per heavy atom. The predicted octanol–water partition coefficient (Wildman–Crippen LogP) is 3.75. The Balaban J connectivity index is 1.58. The summed E-state index contributed by atoms with van der Waals surface area (Å²) in [5, 5.41) is 1.18. The number of hydrogen-bond donors (Lipinski definition) is 1. The molecule has 0 atom stereocenters. The van der Waals surface area contributed by atoms with Gasteiger partial charge in [-0.1, -0.05) is 0 Å². The van der Waals surface area contributed by atoms with Gasteiger partial charge >= 0.3 is 6.09 Å². The first-order valence-corrected chi connectivity index (χ1v) is 10.0. The number of rotatable bonds is 4. The smallest absolute Gasteiger partial charge is 0.410 e. The van der Waals surface area contributed by atoms with E-state index < -0.39 is 11.7 Å². The maximum Gasteiger partial charge on any atom is 0.410 e. The Kier molecular flexibility index (Phi) is 6.05. The minimum Gasteiger partial charge on any atom is -0.497 e. The second-order valence-corrected chi connectivity index (χ2v) is 8.65. The number of benzene rings is 1. The molecule has 29 heavy (non-hydrogen) atoms. The number of aromatic amines is 1. The van der Waals surface area contributed by atoms with Crippen molar-refractivity contribution in [3.8, 4) is 5.75 Å². The zero-order chi connectivity index (χ0) is 21.2. The van der Waals surface area contributed by atoms with E-state index >= 15 is 0 Å². The quantitative estimate of drug-likeness (QED) is 0.847. The number of carbonyl (C=O) groups excluding carboxylic acids is 2. The van der Waals surface area contributed by atoms with Crippen LogP contribution in [0, 0.1) is 0 Å². The van der Waals surface area contributed by atoms with E-state index in [2.05, 4.69) is 17.2 Å². The molecule has 1 aromatic heterocycles. The van der Waals surface area contributed by atoms with Crippen molar-refractivity contribution in [2.45, 2.75) is 45.1 Å². The van der Waals surface area contributed by atoms with Gasteiger partial charge in [0.05, 0.1) is 7.11 Å². The van der Waals surface area contributed by atoms with E-state index in [-0.39, 0.29) is 12.5 Å². The minimum absolute atomic E-state index is 0.0316. The number of ether oxygens (including phenoxy) is 2. The van der Waals surface area contributed by atoms with Crippen LogP contribution in [0.5, 0.6) is 5.75 Å². The monoisotopic (exact) mass is 401 g/mol. The van der Waals surface area contributed by atoms with Crippen LogP contribution in [0.1, 0.15) is 45.1 Å². The number of fused-ring (bicyclic) bond motifs is 1. The highest BCUT2D eigenvalue weighted by Crippen LogP contribution is 2.34. The molecule has 158 valence electrons. The highest BCUT2D eigenvalue weighted by molar-refractivity contribution is 5.85. The highest BCUT2D eigenvalue weighted by Gasteiger charge is 2.28. The molecule has 0 spiro atoms. The summed E-state index contributed by atoms with van der Waals surface area (Å²) in [5.74, 6) is 1.19. The number of carbonyl (C=O) groups is 2. The van der Waals surface area contributed by atoms with Gasteiger partial charge < -0.3 is 24.3 Å². The first-order chi connectivity index (χ1) is 13.7. The molecule has 0 unspecified atom stereocenters. The number of likely N-dealkylation sites (tertiary alicyclic amines) is 1. The molecule has 2 aromatic rings. The second kappa shape index (κ2) is 8.35. The van der Waals surface area contributed by atoms with E-state index in [1.54, 1.807) is 14.2 Å². The second-order valence-electron chi connectivity index (χ2n) is 8.65. The topological polar surface area (TPSA) is 74.9 Å². The number of piperidine rings is 1. The first-order valence-electron chi connectivity index (χ1n) is 10.0. The average Bonchev–Trinajstić information content (AvgIpc) is 3.09. The van der Waals surface area contributed by atoms with Crippen LogP contribution < -0.4 is 4.74 Å². The fourth-order valence-electron chi connectivity index (χ4n) is 3.73. The maximum atomic E-state index is 12.6. The van der Waals surface area contributed by atoms with E-state index in [1.807, 2.05) is 37.8 Å². The Morgan fingerprint density at radius 2 is 1.93 bits per heavy atom. The van der Waals surface area contributed by atoms with Crippen molar-refractivity contribution in [2.75, 3.05) is 33.8 Å². The van der Waals surface area contributed by atoms with Crippen molar-refractivity contribution >= 4 is 22.9 Å². The van der Waals surface area contributed by atoms with Crippen molar-refractivity contribution in [3.05, 3.63) is 30.0 Å². The summed E-state index contributed by atoms with van der Waals surface area (Å²) in [6.07, 6.45) is 3.38. The van der Waals surface area contributed by atoms with Crippen LogP contribution in [0.25, 0.3) is 10.9 Å². The fourth-order valence-corrected chi connectivity index (χ4v) is 3.73. The van der Waals surface area contributed by atoms with Crippen molar-refractivity contribution in [1.29, 1.82) is 0 Å². The van der Waals surface area contributed by atoms with Crippen LogP contribution in [0.3, 0.4) is 0 Å². The average molecular weight is 402 g/mol. The molecule has 1 N–H and O–H groups in total. The lowest BCUT2D eigenvalue weighted by molar-refractivity contribution is -0.133. The molecule has 3 rings (SSSR count). The number of nitrogens with one attached hydrogen (secondary N) is 1. The summed E-state index contributed by atoms with van der Waals surface area (Å²) >= 11 is 0. The van der Waals surface area contributed by atoms with E-state index in [1.165, 1.54) is 15.8 Å². The van der Waals surface area contributed by atoms with Gasteiger partial charge in [-0.25, -0.2) is 4.79 Å². The molecule has 1 saturated heterocycles. The number of methoxy groups -OCH3 is 1. The van der Waals surface area contributed by atoms with Gasteiger partial charge in [0.2, 0.25) is 5.91 Å². The van der Waals surface area contributed by atoms with E-state index in [9.17, 15) is 9.59 Å². The van der Waals surface area contributed by atoms with E-state index in [0.29, 0.717) is 19.0 Å². The summed E-state index contributed by atoms with van der Waals surface area (Å²) in [6, 6.07) is 6.04. The molecular formula is C22H31N3O4. The zero-order valence-corrected chi connectivity index (χ0v) is 17.9. The molecule has 7 nitrogen and oxygen atoms in total. The maximum absolute atomic E-state index is 12.6. The lowest BCUT2D eigenvalue weighted by Crippen LogP contribution is -2.45. The van der Waals surface area contributed by atoms with Crippen LogP contribution in [0.2, 0.25) is 0 Å². The number of H-pyrrole nitrogens is 1. The van der Waals surface area contributed by atoms with Crippen molar-refractivity contribution in [1.82, 2.24) is 14.8 Å². The third-order valence-corrected chi connectivity index (χ3v) is 5.29. The molecule has 0 radical (unpaired) electrons. The fraction of sp³-hybridized carbons (Fsp3) is 0.545. The molecule has 0 saturated carbocycles. The third-order valence-electron chi connectivity index (χ3n) is 5.29. The first kappa shape index (κ1) is 21.0. The standard InChI is InChI=1S/C22H31N3O4/c1-22(2,3)29-21(27)24(4)14-20(26)25-10-8-15(9-11-25)18-13-23-19-7-6-16(28-5)12-17(18)19/h6-7,12-13,15,23H,8-11,14H2,1-5H3. The summed E-state index contributed by atoms with van der Waals surface area (Å²) in [5.41, 5.74) is 1.80. The van der Waals surface area contributed by atoms with E-state index in [4.69, 9.17) is 9.47 Å². The summed E-state index contributed by atoms with van der Waals surface area (Å²) in [7, 11) is 3.27. The molecule has 1 aliphatic rings. The molecule has 2 amide bonds. The SMILES string of the molecule is COc1ccc2[nH]cc(C3CCN(C(=O)CN(C)C(=O)OC(C)(C)C)CC3)c2c1. The Labute approximate surface area is 171 Å². The van der Waals surface area contributed by atoms with Gasteiger partial charge in [0, 0.05) is 37.2 Å². The van der Waals surface area contributed by atoms with Crippen LogP contribution in [-0.4, -0.2) is 66.2 Å². The molecule has 1 aromatic carbocycles. The molecular weight excluding hydrogens is 370 g/mol. The van der Waals surface area contributed by atoms with Gasteiger partial charge in [-0.2, -0.15) is 0 Å². The number of likely N-dealkylation sites (N-methyl/N-ethyl adjacent to an activating group) is 1. The Hall–Kier alpha value is -2.70. The molecule has 0 aliphatic carbocycles. The number of hydrogen-bond acceptors (Lipinski definition) is 4. The van der Waals surface area contributed by atoms with Crippen LogP contribution in [-0.2, 0) is 9.53 Å². The Bertz CT molecular complexity index is 876. The summed E-state index contributed by atoms with van der Waals surface area (Å²) < 4.78 is 10.7. The van der Waals surface area contributed by atoms with Crippen molar-refractivity contribution < 1.29 is 19.1 Å². The number of nitrogens with zero attached hydrogens (tertiary/aromatic N) is 2. The van der Waals surface area contributed by atoms with Gasteiger partial charge in [0.25, 0.3) is 0 Å². The molecule has 0 bridgehead atoms. The molecule has 7 heteroatoms. The molecule has 1 fully saturated rings. The normalized spacial score (nSPS) is 15.4. The third kappa shape index (κ3) is 5.02. The van der Waals surface area contributed by atoms with Gasteiger partial charge in [-0.15, -0.1) is 0 Å². The van der Waals surface area contributed by atoms with Gasteiger partial charge in [0.1, 0.15) is 17.9 Å². The van der Waals surface area contributed by atoms with Gasteiger partial charge in [-0.3, -0.25) is 4.79 Å². The van der Waals surface area contributed by atoms with Crippen molar-refractivity contribution in [2.24, 2.45) is 0 Å². The summed E-state index contributed by atoms with van der Waals surface area (Å²) in [4.78, 5) is 31.2. The van der Waals surface area contributed by atoms with E-state index in [0.717, 1.165) is 24.1 Å². The highest BCUT2D eigenvalue weighted by atomic mass is 16.6. The van der Waals surface area contributed by atoms with Crippen LogP contribution in [0.4, 0.5) is 4.79 Å². The number of amides is 2. The molecule has 2 heterocycles. The lowest BCUT2D eigenvalue weighted by atomic mass is 9.89. The van der Waals surface area contributed by atoms with Gasteiger partial charge in [-0.05, 0) is 63.3 Å². The molecule has 1 aliphatic heterocycles. The minimum atomic E-state index is -0.575. The largest absolute Gasteiger partial charge is 0.497 e. The Morgan fingerprint density at radius 1 is 1.24 bits per heavy atom. The van der Waals surface area contributed by atoms with Crippen LogP contribution >= 0.6 is 0 Å². The predicted molar refractivity (Wildman–Crippen MR) is 112 cm³/mol. The zero-order valence-electron chi connectivity index (χ0n) is 17.9. The summed E-state index contributed by atoms with van der Waals surface area (Å²) in [6.45, 7) is 6.83. The van der Waals surface area contributed by atoms with Crippen molar-refractivity contribution in [3.63, 3.8) is 0 Å².